The van der Waals surface area contributed by atoms with Gasteiger partial charge in [-0.3, -0.25) is 9.59 Å². The van der Waals surface area contributed by atoms with Crippen LogP contribution in [0.4, 0.5) is 0 Å². The van der Waals surface area contributed by atoms with Crippen LogP contribution in [0.2, 0.25) is 0 Å². The summed E-state index contributed by atoms with van der Waals surface area (Å²) in [5, 5.41) is 69.9. The summed E-state index contributed by atoms with van der Waals surface area (Å²) in [6.45, 7) is -0.470. The molecule has 1 heterocycles. The van der Waals surface area contributed by atoms with Crippen LogP contribution in [0.15, 0.2) is 0 Å². The van der Waals surface area contributed by atoms with Gasteiger partial charge in [0.2, 0.25) is 0 Å². The molecule has 1 saturated heterocycles. The summed E-state index contributed by atoms with van der Waals surface area (Å²) in [6, 6.07) is -1.04. The van der Waals surface area contributed by atoms with E-state index in [1.807, 2.05) is 0 Å². The van der Waals surface area contributed by atoms with Crippen molar-refractivity contribution in [2.24, 2.45) is 5.73 Å². The first-order valence-electron chi connectivity index (χ1n) is 6.81. The number of ether oxygens (including phenoxy) is 1. The van der Waals surface area contributed by atoms with Crippen molar-refractivity contribution >= 4 is 55.6 Å². The van der Waals surface area contributed by atoms with Crippen LogP contribution in [0, 0.1) is 0 Å². The standard InChI is InChI=1S/C6H13NO5.C6H8O7.Ca.2H/c7-3-5(10)4(9)2(1-8)12-6(3)11;7-3(8)1-6(13,5(11)12)2-4(9)10;;;/h2-6,8-11H,1,7H2;13H,1-2H2,(H,7,8)(H,9,10)(H,11,12);;;/t2-,3-,4-,5-,6?;;;;/m1..../s1. The van der Waals surface area contributed by atoms with E-state index in [0.717, 1.165) is 0 Å². The van der Waals surface area contributed by atoms with Gasteiger partial charge in [0.05, 0.1) is 25.5 Å². The quantitative estimate of drug-likeness (QED) is 0.185. The molecule has 0 aromatic carbocycles. The van der Waals surface area contributed by atoms with Crippen molar-refractivity contribution < 1.29 is 60.0 Å². The van der Waals surface area contributed by atoms with Crippen LogP contribution < -0.4 is 5.73 Å². The average Bonchev–Trinajstić information content (AvgIpc) is 2.47. The molecule has 1 rings (SSSR count). The molecule has 0 bridgehead atoms. The summed E-state index contributed by atoms with van der Waals surface area (Å²) in [7, 11) is 0. The van der Waals surface area contributed by atoms with Gasteiger partial charge >= 0.3 is 55.6 Å². The van der Waals surface area contributed by atoms with Crippen molar-refractivity contribution in [2.75, 3.05) is 6.61 Å². The van der Waals surface area contributed by atoms with Gasteiger partial charge in [0.25, 0.3) is 0 Å². The maximum absolute atomic E-state index is 10.3. The van der Waals surface area contributed by atoms with E-state index in [0.29, 0.717) is 0 Å². The van der Waals surface area contributed by atoms with Crippen LogP contribution in [-0.4, -0.2) is 139 Å². The zero-order valence-electron chi connectivity index (χ0n) is 12.8. The normalized spacial score (nSPS) is 28.2. The van der Waals surface area contributed by atoms with Gasteiger partial charge in [0.1, 0.15) is 18.3 Å². The van der Waals surface area contributed by atoms with E-state index in [4.69, 9.17) is 41.1 Å². The van der Waals surface area contributed by atoms with Gasteiger partial charge in [-0.05, 0) is 0 Å². The first-order chi connectivity index (χ1) is 11.4. The first-order valence-corrected chi connectivity index (χ1v) is 6.81. The number of hydrogen-bond acceptors (Lipinski definition) is 10. The third-order valence-electron chi connectivity index (χ3n) is 3.23. The molecule has 1 aliphatic rings. The van der Waals surface area contributed by atoms with E-state index in [1.165, 1.54) is 0 Å². The first kappa shape index (κ1) is 27.6. The van der Waals surface area contributed by atoms with Crippen LogP contribution in [0.3, 0.4) is 0 Å². The summed E-state index contributed by atoms with van der Waals surface area (Å²) in [5.41, 5.74) is 2.52. The fourth-order valence-corrected chi connectivity index (χ4v) is 1.83. The monoisotopic (exact) mass is 413 g/mol. The second kappa shape index (κ2) is 12.0. The minimum absolute atomic E-state index is 0. The Morgan fingerprint density at radius 1 is 0.962 bits per heavy atom. The zero-order chi connectivity index (χ0) is 19.9. The minimum atomic E-state index is -2.74. The van der Waals surface area contributed by atoms with Crippen molar-refractivity contribution in [3.05, 3.63) is 0 Å². The molecule has 1 fully saturated rings. The molecule has 1 aliphatic heterocycles. The molecule has 0 spiro atoms. The van der Waals surface area contributed by atoms with Crippen LogP contribution in [-0.2, 0) is 19.1 Å². The van der Waals surface area contributed by atoms with Gasteiger partial charge in [-0.25, -0.2) is 4.79 Å². The molecule has 150 valence electrons. The van der Waals surface area contributed by atoms with Crippen molar-refractivity contribution in [1.29, 1.82) is 0 Å². The molecule has 0 aromatic rings. The number of carboxylic acid groups (broad SMARTS) is 3. The summed E-state index contributed by atoms with van der Waals surface area (Å²) in [5.74, 6) is -5.02. The second-order valence-corrected chi connectivity index (χ2v) is 5.28. The van der Waals surface area contributed by atoms with Crippen molar-refractivity contribution in [1.82, 2.24) is 0 Å². The van der Waals surface area contributed by atoms with E-state index in [1.54, 1.807) is 0 Å². The molecule has 5 atom stereocenters. The van der Waals surface area contributed by atoms with Gasteiger partial charge in [-0.1, -0.05) is 0 Å². The predicted molar refractivity (Wildman–Crippen MR) is 83.6 cm³/mol. The Morgan fingerprint density at radius 3 is 1.69 bits per heavy atom. The van der Waals surface area contributed by atoms with Crippen LogP contribution >= 0.6 is 0 Å². The fourth-order valence-electron chi connectivity index (χ4n) is 1.83. The van der Waals surface area contributed by atoms with E-state index < -0.39 is 73.6 Å². The van der Waals surface area contributed by atoms with Crippen molar-refractivity contribution in [3.63, 3.8) is 0 Å². The topological polar surface area (TPSA) is 248 Å². The Morgan fingerprint density at radius 2 is 1.38 bits per heavy atom. The summed E-state index contributed by atoms with van der Waals surface area (Å²) in [6.07, 6.45) is -7.14. The van der Waals surface area contributed by atoms with Crippen LogP contribution in [0.1, 0.15) is 12.8 Å². The Kier molecular flexibility index (Phi) is 12.7. The molecule has 1 unspecified atom stereocenters. The van der Waals surface area contributed by atoms with Gasteiger partial charge in [0.15, 0.2) is 11.9 Å². The van der Waals surface area contributed by atoms with Gasteiger partial charge in [-0.15, -0.1) is 0 Å². The number of aliphatic hydroxyl groups excluding tert-OH is 4. The Bertz CT molecular complexity index is 468. The Balaban J connectivity index is 0. The van der Waals surface area contributed by atoms with Crippen LogP contribution in [0.5, 0.6) is 0 Å². The van der Waals surface area contributed by atoms with E-state index >= 15 is 0 Å². The average molecular weight is 413 g/mol. The SMILES string of the molecule is N[C@H]1C(O)O[C@H](CO)[C@@H](O)[C@@H]1O.O=C(O)CC(O)(CC(=O)O)C(=O)O.[CaH2]. The van der Waals surface area contributed by atoms with Gasteiger partial charge in [-0.2, -0.15) is 0 Å². The molecule has 0 aliphatic carbocycles. The second-order valence-electron chi connectivity index (χ2n) is 5.28. The maximum atomic E-state index is 10.3. The molecule has 14 heteroatoms. The molecule has 26 heavy (non-hydrogen) atoms. The molecule has 0 aromatic heterocycles. The van der Waals surface area contributed by atoms with E-state index in [9.17, 15) is 24.6 Å². The summed E-state index contributed by atoms with van der Waals surface area (Å²) in [4.78, 5) is 30.5. The molecule has 13 nitrogen and oxygen atoms in total. The number of nitrogens with two attached hydrogens (primary N) is 1. The van der Waals surface area contributed by atoms with Gasteiger partial charge < -0.3 is 51.3 Å². The van der Waals surface area contributed by atoms with Crippen LogP contribution in [0.25, 0.3) is 0 Å². The number of carbonyl (C=O) groups is 3. The zero-order valence-corrected chi connectivity index (χ0v) is 12.8. The predicted octanol–water partition coefficient (Wildman–Crippen LogP) is -5.42. The number of aliphatic hydroxyl groups is 5. The molecule has 0 amide bonds. The Labute approximate surface area is 176 Å². The summed E-state index contributed by atoms with van der Waals surface area (Å²) < 4.78 is 4.70. The summed E-state index contributed by atoms with van der Waals surface area (Å²) >= 11 is 0. The van der Waals surface area contributed by atoms with Crippen molar-refractivity contribution in [3.8, 4) is 0 Å². The molecule has 0 saturated carbocycles. The fraction of sp³-hybridized carbons (Fsp3) is 0.750. The number of hydrogen-bond donors (Lipinski definition) is 9. The van der Waals surface area contributed by atoms with E-state index in [-0.39, 0.29) is 37.7 Å². The van der Waals surface area contributed by atoms with E-state index in [2.05, 4.69) is 0 Å². The molecule has 10 N–H and O–H groups in total. The third kappa shape index (κ3) is 8.39. The molecular weight excluding hydrogens is 390 g/mol. The molecule has 0 radical (unpaired) electrons. The number of carboxylic acids is 3. The number of aliphatic carboxylic acids is 3. The third-order valence-corrected chi connectivity index (χ3v) is 3.23. The van der Waals surface area contributed by atoms with Gasteiger partial charge in [0, 0.05) is 0 Å². The van der Waals surface area contributed by atoms with Crippen molar-refractivity contribution in [2.45, 2.75) is 49.1 Å². The number of rotatable bonds is 6. The molecular formula is C12H23CaNO12. The Hall–Kier alpha value is -0.610.